The summed E-state index contributed by atoms with van der Waals surface area (Å²) in [5.74, 6) is 1.66. The number of aliphatic carboxylic acids is 1. The van der Waals surface area contributed by atoms with E-state index in [0.717, 1.165) is 49.7 Å². The smallest absolute Gasteiger partial charge is 0.304 e. The van der Waals surface area contributed by atoms with E-state index in [4.69, 9.17) is 0 Å². The molecule has 33 heavy (non-hydrogen) atoms. The van der Waals surface area contributed by atoms with Crippen molar-refractivity contribution in [2.24, 2.45) is 50.7 Å². The average Bonchev–Trinajstić information content (AvgIpc) is 3.07. The zero-order valence-corrected chi connectivity index (χ0v) is 22.5. The van der Waals surface area contributed by atoms with Crippen molar-refractivity contribution in [2.75, 3.05) is 0 Å². The Labute approximate surface area is 202 Å². The molecule has 7 atom stereocenters. The normalized spacial score (nSPS) is 45.4. The van der Waals surface area contributed by atoms with Gasteiger partial charge in [0.05, 0.1) is 6.42 Å². The maximum atomic E-state index is 12.1. The summed E-state index contributed by atoms with van der Waals surface area (Å²) in [5, 5.41) is 9.95. The third kappa shape index (κ3) is 3.26. The molecule has 1 N–H and O–H groups in total. The summed E-state index contributed by atoms with van der Waals surface area (Å²) in [7, 11) is 0. The topological polar surface area (TPSA) is 54.4 Å². The van der Waals surface area contributed by atoms with Crippen molar-refractivity contribution in [3.8, 4) is 0 Å². The minimum Gasteiger partial charge on any atom is -0.481 e. The standard InChI is InChI=1S/C30H48O3/c1-19(2)20-9-12-24-27(20,5)15-16-29(7)22-10-11-23(26(3,4)18-31)28(6,17-25(32)33)21(22)13-14-30(24,29)8/h18-20,23-24H,9-17H2,1-8H3,(H,32,33)/t20-,23+,24-,27-,28-,29?,30?/m1/s1. The minimum absolute atomic E-state index is 0.0796. The molecule has 0 heterocycles. The van der Waals surface area contributed by atoms with E-state index >= 15 is 0 Å². The molecular formula is C30H48O3. The first-order chi connectivity index (χ1) is 15.2. The third-order valence-corrected chi connectivity index (χ3v) is 12.2. The van der Waals surface area contributed by atoms with Crippen LogP contribution >= 0.6 is 0 Å². The van der Waals surface area contributed by atoms with Crippen LogP contribution in [0.1, 0.15) is 113 Å². The van der Waals surface area contributed by atoms with Crippen molar-refractivity contribution >= 4 is 12.3 Å². The van der Waals surface area contributed by atoms with Gasteiger partial charge in [-0.15, -0.1) is 0 Å². The molecule has 3 nitrogen and oxygen atoms in total. The Balaban J connectivity index is 1.82. The number of hydrogen-bond acceptors (Lipinski definition) is 2. The van der Waals surface area contributed by atoms with Gasteiger partial charge in [-0.2, -0.15) is 0 Å². The molecule has 0 amide bonds. The molecule has 0 aromatic rings. The van der Waals surface area contributed by atoms with Crippen LogP contribution < -0.4 is 0 Å². The number of carboxylic acids is 1. The molecule has 4 aliphatic rings. The van der Waals surface area contributed by atoms with Crippen LogP contribution in [0.25, 0.3) is 0 Å². The third-order valence-electron chi connectivity index (χ3n) is 12.2. The summed E-state index contributed by atoms with van der Waals surface area (Å²) < 4.78 is 0. The molecule has 3 heteroatoms. The predicted octanol–water partition coefficient (Wildman–Crippen LogP) is 7.69. The molecule has 4 rings (SSSR count). The van der Waals surface area contributed by atoms with Gasteiger partial charge in [0.2, 0.25) is 0 Å². The second kappa shape index (κ2) is 7.69. The second-order valence-electron chi connectivity index (χ2n) is 14.2. The predicted molar refractivity (Wildman–Crippen MR) is 134 cm³/mol. The monoisotopic (exact) mass is 456 g/mol. The van der Waals surface area contributed by atoms with E-state index in [9.17, 15) is 14.7 Å². The fourth-order valence-electron chi connectivity index (χ4n) is 10.5. The molecule has 0 radical (unpaired) electrons. The number of hydrogen-bond donors (Lipinski definition) is 1. The van der Waals surface area contributed by atoms with Crippen molar-refractivity contribution in [1.29, 1.82) is 0 Å². The molecule has 2 unspecified atom stereocenters. The zero-order chi connectivity index (χ0) is 24.6. The Morgan fingerprint density at radius 3 is 2.27 bits per heavy atom. The Bertz CT molecular complexity index is 868. The van der Waals surface area contributed by atoms with E-state index < -0.39 is 16.8 Å². The highest BCUT2D eigenvalue weighted by Crippen LogP contribution is 2.75. The second-order valence-corrected chi connectivity index (χ2v) is 14.2. The van der Waals surface area contributed by atoms with Gasteiger partial charge in [-0.25, -0.2) is 0 Å². The van der Waals surface area contributed by atoms with E-state index in [0.29, 0.717) is 5.41 Å². The Hall–Kier alpha value is -1.12. The average molecular weight is 457 g/mol. The van der Waals surface area contributed by atoms with Crippen molar-refractivity contribution in [1.82, 2.24) is 0 Å². The van der Waals surface area contributed by atoms with Gasteiger partial charge >= 0.3 is 5.97 Å². The van der Waals surface area contributed by atoms with Crippen LogP contribution in [-0.4, -0.2) is 17.4 Å². The summed E-state index contributed by atoms with van der Waals surface area (Å²) in [6.07, 6.45) is 10.6. The van der Waals surface area contributed by atoms with Gasteiger partial charge in [-0.05, 0) is 91.3 Å². The van der Waals surface area contributed by atoms with Gasteiger partial charge in [0, 0.05) is 10.8 Å². The van der Waals surface area contributed by atoms with Crippen LogP contribution in [0.4, 0.5) is 0 Å². The van der Waals surface area contributed by atoms with Gasteiger partial charge in [0.15, 0.2) is 0 Å². The first-order valence-electron chi connectivity index (χ1n) is 13.6. The number of allylic oxidation sites excluding steroid dienone is 2. The molecular weight excluding hydrogens is 408 g/mol. The van der Waals surface area contributed by atoms with Crippen LogP contribution in [0.5, 0.6) is 0 Å². The zero-order valence-electron chi connectivity index (χ0n) is 22.5. The molecule has 4 aliphatic carbocycles. The summed E-state index contributed by atoms with van der Waals surface area (Å²) in [6.45, 7) is 18.8. The van der Waals surface area contributed by atoms with Crippen LogP contribution in [0.15, 0.2) is 11.1 Å². The van der Waals surface area contributed by atoms with Gasteiger partial charge < -0.3 is 9.90 Å². The van der Waals surface area contributed by atoms with E-state index in [1.54, 1.807) is 5.57 Å². The number of rotatable bonds is 5. The summed E-state index contributed by atoms with van der Waals surface area (Å²) in [6, 6.07) is 0. The molecule has 0 bridgehead atoms. The quantitative estimate of drug-likeness (QED) is 0.341. The van der Waals surface area contributed by atoms with Gasteiger partial charge in [-0.3, -0.25) is 4.79 Å². The van der Waals surface area contributed by atoms with E-state index in [1.165, 1.54) is 31.3 Å². The van der Waals surface area contributed by atoms with Crippen LogP contribution in [0, 0.1) is 50.7 Å². The molecule has 0 saturated heterocycles. The molecule has 2 saturated carbocycles. The SMILES string of the molecule is CC(C)[C@H]1CC[C@H]2C3(C)CCC4=C(CC[C@@H](C(C)(C)C=O)[C@]4(C)CC(=O)O)C3(C)CC[C@]12C. The van der Waals surface area contributed by atoms with E-state index in [1.807, 2.05) is 13.8 Å². The molecule has 0 aliphatic heterocycles. The van der Waals surface area contributed by atoms with Gasteiger partial charge in [-0.1, -0.05) is 66.5 Å². The van der Waals surface area contributed by atoms with Crippen molar-refractivity contribution < 1.29 is 14.7 Å². The molecule has 0 spiro atoms. The maximum absolute atomic E-state index is 12.1. The van der Waals surface area contributed by atoms with Crippen LogP contribution in [0.3, 0.4) is 0 Å². The fraction of sp³-hybridized carbons (Fsp3) is 0.867. The van der Waals surface area contributed by atoms with Crippen molar-refractivity contribution in [3.63, 3.8) is 0 Å². The fourth-order valence-corrected chi connectivity index (χ4v) is 10.5. The maximum Gasteiger partial charge on any atom is 0.304 e. The highest BCUT2D eigenvalue weighted by molar-refractivity contribution is 5.69. The molecule has 186 valence electrons. The largest absolute Gasteiger partial charge is 0.481 e. The lowest BCUT2D eigenvalue weighted by atomic mass is 9.38. The molecule has 0 aromatic heterocycles. The first kappa shape index (κ1) is 25.0. The Morgan fingerprint density at radius 2 is 1.70 bits per heavy atom. The van der Waals surface area contributed by atoms with Crippen molar-refractivity contribution in [3.05, 3.63) is 11.1 Å². The highest BCUT2D eigenvalue weighted by Gasteiger charge is 2.66. The number of carbonyl (C=O) groups excluding carboxylic acids is 1. The molecule has 0 aromatic carbocycles. The minimum atomic E-state index is -0.733. The summed E-state index contributed by atoms with van der Waals surface area (Å²) in [5.41, 5.74) is 2.91. The lowest BCUT2D eigenvalue weighted by Gasteiger charge is -2.66. The van der Waals surface area contributed by atoms with E-state index in [2.05, 4.69) is 41.5 Å². The van der Waals surface area contributed by atoms with E-state index in [-0.39, 0.29) is 23.2 Å². The number of carbonyl (C=O) groups is 2. The lowest BCUT2D eigenvalue weighted by Crippen LogP contribution is -2.58. The van der Waals surface area contributed by atoms with Gasteiger partial charge in [0.1, 0.15) is 6.29 Å². The number of carboxylic acid groups (broad SMARTS) is 1. The first-order valence-corrected chi connectivity index (χ1v) is 13.6. The summed E-state index contributed by atoms with van der Waals surface area (Å²) >= 11 is 0. The summed E-state index contributed by atoms with van der Waals surface area (Å²) in [4.78, 5) is 24.2. The van der Waals surface area contributed by atoms with Crippen LogP contribution in [-0.2, 0) is 9.59 Å². The van der Waals surface area contributed by atoms with Crippen LogP contribution in [0.2, 0.25) is 0 Å². The highest BCUT2D eigenvalue weighted by atomic mass is 16.4. The number of fused-ring (bicyclic) bond motifs is 4. The van der Waals surface area contributed by atoms with Crippen molar-refractivity contribution in [2.45, 2.75) is 113 Å². The Kier molecular flexibility index (Phi) is 5.82. The lowest BCUT2D eigenvalue weighted by molar-refractivity contribution is -0.143. The van der Waals surface area contributed by atoms with Gasteiger partial charge in [0.25, 0.3) is 0 Å². The number of aldehydes is 1. The Morgan fingerprint density at radius 1 is 1.03 bits per heavy atom. The molecule has 2 fully saturated rings.